The second kappa shape index (κ2) is 25.7. The van der Waals surface area contributed by atoms with Crippen LogP contribution in [0.3, 0.4) is 0 Å². The molecule has 2 heteroatoms. The van der Waals surface area contributed by atoms with Gasteiger partial charge in [0.2, 0.25) is 0 Å². The van der Waals surface area contributed by atoms with Crippen LogP contribution in [0.5, 0.6) is 0 Å². The van der Waals surface area contributed by atoms with Gasteiger partial charge in [-0.1, -0.05) is 235 Å². The van der Waals surface area contributed by atoms with Crippen LogP contribution in [0, 0.1) is 11.3 Å². The quantitative estimate of drug-likeness (QED) is 0.0624. The molecule has 9 aromatic rings. The average molecular weight is 1010 g/mol. The molecule has 386 valence electrons. The maximum absolute atomic E-state index is 4.08. The molecule has 0 saturated heterocycles. The molecule has 0 spiro atoms. The third-order valence-electron chi connectivity index (χ3n) is 14.9. The van der Waals surface area contributed by atoms with Crippen LogP contribution in [-0.4, -0.2) is 0 Å². The predicted octanol–water partition coefficient (Wildman–Crippen LogP) is 22.3. The molecule has 0 aliphatic heterocycles. The van der Waals surface area contributed by atoms with Gasteiger partial charge in [-0.3, -0.25) is 0 Å². The van der Waals surface area contributed by atoms with Crippen LogP contribution in [0.25, 0.3) is 61.2 Å². The second-order valence-electron chi connectivity index (χ2n) is 19.9. The highest BCUT2D eigenvalue weighted by molar-refractivity contribution is 5.84. The molecule has 0 radical (unpaired) electrons. The van der Waals surface area contributed by atoms with Gasteiger partial charge in [0.05, 0.1) is 0 Å². The van der Waals surface area contributed by atoms with Crippen molar-refractivity contribution < 1.29 is 0 Å². The van der Waals surface area contributed by atoms with Crippen LogP contribution in [0.4, 0.5) is 28.4 Å². The molecule has 0 heterocycles. The first-order valence-corrected chi connectivity index (χ1v) is 27.7. The maximum Gasteiger partial charge on any atom is 0.0462 e. The van der Waals surface area contributed by atoms with Crippen molar-refractivity contribution in [3.8, 4) is 55.6 Å². The van der Waals surface area contributed by atoms with E-state index in [2.05, 4.69) is 311 Å². The molecule has 0 fully saturated rings. The average Bonchev–Trinajstić information content (AvgIpc) is 3.53. The highest BCUT2D eigenvalue weighted by Crippen LogP contribution is 2.44. The molecule has 2 unspecified atom stereocenters. The highest BCUT2D eigenvalue weighted by atomic mass is 15.1. The molecule has 9 aromatic carbocycles. The zero-order valence-corrected chi connectivity index (χ0v) is 46.1. The fourth-order valence-electron chi connectivity index (χ4n) is 10.6. The van der Waals surface area contributed by atoms with Crippen molar-refractivity contribution in [1.82, 2.24) is 0 Å². The molecule has 1 aliphatic carbocycles. The summed E-state index contributed by atoms with van der Waals surface area (Å²) in [7, 11) is 0. The Bertz CT molecular complexity index is 3520. The minimum absolute atomic E-state index is 0.00164. The molecule has 2 atom stereocenters. The summed E-state index contributed by atoms with van der Waals surface area (Å²) in [5, 5.41) is 0. The summed E-state index contributed by atoms with van der Waals surface area (Å²) in [6, 6.07) is 83.6. The van der Waals surface area contributed by atoms with Gasteiger partial charge in [0.25, 0.3) is 0 Å². The number of hydrogen-bond donors (Lipinski definition) is 0. The van der Waals surface area contributed by atoms with Gasteiger partial charge in [0.15, 0.2) is 0 Å². The topological polar surface area (TPSA) is 6.48 Å². The lowest BCUT2D eigenvalue weighted by atomic mass is 9.70. The number of allylic oxidation sites excluding steroid dienone is 9. The van der Waals surface area contributed by atoms with Crippen LogP contribution < -0.4 is 9.80 Å². The molecule has 78 heavy (non-hydrogen) atoms. The monoisotopic (exact) mass is 1010 g/mol. The Morgan fingerprint density at radius 1 is 0.487 bits per heavy atom. The Hall–Kier alpha value is -8.98. The number of anilines is 5. The van der Waals surface area contributed by atoms with Crippen molar-refractivity contribution in [3.05, 3.63) is 304 Å². The van der Waals surface area contributed by atoms with Crippen LogP contribution in [0.15, 0.2) is 298 Å². The number of hydrogen-bond acceptors (Lipinski definition) is 2. The van der Waals surface area contributed by atoms with Gasteiger partial charge in [0.1, 0.15) is 0 Å². The van der Waals surface area contributed by atoms with E-state index in [1.165, 1.54) is 55.8 Å². The van der Waals surface area contributed by atoms with E-state index in [9.17, 15) is 0 Å². The van der Waals surface area contributed by atoms with Gasteiger partial charge in [-0.25, -0.2) is 0 Å². The number of nitrogens with zero attached hydrogens (tertiary/aromatic N) is 2. The van der Waals surface area contributed by atoms with E-state index >= 15 is 0 Å². The SMILES string of the molecule is C=CCC(/C=C\C)C1(C)C=CC(N(c2ccc(-c3ccccc3)cc2)c2ccc(-c3cccc(-c4cccc(-c5ccc(N(c6ccc(/C(C=C)=C/CC)cc6)c6ccc(-c7ccccc7)cc6)cc5)c4)c3)cc2)=CC1.CC. The van der Waals surface area contributed by atoms with E-state index in [0.29, 0.717) is 5.92 Å². The first-order chi connectivity index (χ1) is 38.3. The molecule has 0 saturated carbocycles. The summed E-state index contributed by atoms with van der Waals surface area (Å²) < 4.78 is 0. The molecule has 1 aliphatic rings. The van der Waals surface area contributed by atoms with E-state index in [4.69, 9.17) is 0 Å². The zero-order valence-electron chi connectivity index (χ0n) is 46.1. The lowest BCUT2D eigenvalue weighted by Crippen LogP contribution is -2.27. The minimum Gasteiger partial charge on any atom is -0.311 e. The van der Waals surface area contributed by atoms with Gasteiger partial charge < -0.3 is 9.80 Å². The van der Waals surface area contributed by atoms with Gasteiger partial charge in [-0.15, -0.1) is 6.58 Å². The standard InChI is InChI=1S/C74H66N2.C2H6/c1-6-18-55(9-4)58-29-39-68(40-30-58)75(69-41-31-59(32-42-69)56-21-12-10-13-22-56)70-45-35-61(36-46-70)63-25-16-27-65(53-63)66-28-17-26-64(54-66)62-37-47-72(48-38-62)76(71-43-33-60(34-44-71)57-23-14-11-15-24-57)73-49-51-74(5,52-50-73)67(19-7-2)20-8-3;1-2/h7-18,20-51,53-54,67H,2,4,6,19,52H2,1,3,5H3;1-2H3/b20-8-,55-18+;. The van der Waals surface area contributed by atoms with Crippen LogP contribution in [0.1, 0.15) is 59.4 Å². The van der Waals surface area contributed by atoms with Crippen molar-refractivity contribution in [2.45, 2.75) is 53.9 Å². The van der Waals surface area contributed by atoms with E-state index < -0.39 is 0 Å². The van der Waals surface area contributed by atoms with Gasteiger partial charge in [-0.05, 0) is 183 Å². The van der Waals surface area contributed by atoms with E-state index in [0.717, 1.165) is 64.4 Å². The molecule has 10 rings (SSSR count). The van der Waals surface area contributed by atoms with Crippen molar-refractivity contribution in [3.63, 3.8) is 0 Å². The zero-order chi connectivity index (χ0) is 54.3. The van der Waals surface area contributed by atoms with E-state index in [-0.39, 0.29) is 5.41 Å². The lowest BCUT2D eigenvalue weighted by Gasteiger charge is -2.37. The van der Waals surface area contributed by atoms with Gasteiger partial charge in [-0.2, -0.15) is 0 Å². The summed E-state index contributed by atoms with van der Waals surface area (Å²) >= 11 is 0. The second-order valence-corrected chi connectivity index (χ2v) is 19.9. The highest BCUT2D eigenvalue weighted by Gasteiger charge is 2.31. The Morgan fingerprint density at radius 3 is 1.23 bits per heavy atom. The Kier molecular flexibility index (Phi) is 17.7. The largest absolute Gasteiger partial charge is 0.311 e. The van der Waals surface area contributed by atoms with Crippen LogP contribution >= 0.6 is 0 Å². The molecule has 0 aromatic heterocycles. The third-order valence-corrected chi connectivity index (χ3v) is 14.9. The summed E-state index contributed by atoms with van der Waals surface area (Å²) in [4.78, 5) is 4.73. The molecule has 0 N–H and O–H groups in total. The fraction of sp³-hybridized carbons (Fsp3) is 0.132. The Labute approximate surface area is 465 Å². The van der Waals surface area contributed by atoms with Crippen molar-refractivity contribution >= 4 is 34.0 Å². The van der Waals surface area contributed by atoms with E-state index in [1.54, 1.807) is 0 Å². The molecular weight excluding hydrogens is 941 g/mol. The summed E-state index contributed by atoms with van der Waals surface area (Å²) in [5.74, 6) is 0.383. The summed E-state index contributed by atoms with van der Waals surface area (Å²) in [6.07, 6.45) is 20.7. The van der Waals surface area contributed by atoms with Crippen LogP contribution in [0.2, 0.25) is 0 Å². The molecule has 0 amide bonds. The van der Waals surface area contributed by atoms with Crippen molar-refractivity contribution in [1.29, 1.82) is 0 Å². The number of rotatable bonds is 18. The predicted molar refractivity (Wildman–Crippen MR) is 340 cm³/mol. The van der Waals surface area contributed by atoms with Crippen LogP contribution in [-0.2, 0) is 0 Å². The minimum atomic E-state index is 0.00164. The maximum atomic E-state index is 4.08. The fourth-order valence-corrected chi connectivity index (χ4v) is 10.6. The van der Waals surface area contributed by atoms with Gasteiger partial charge >= 0.3 is 0 Å². The van der Waals surface area contributed by atoms with Gasteiger partial charge in [0, 0.05) is 34.1 Å². The summed E-state index contributed by atoms with van der Waals surface area (Å²) in [5.41, 5.74) is 20.8. The number of benzene rings is 9. The normalized spacial score (nSPS) is 14.4. The van der Waals surface area contributed by atoms with E-state index in [1.807, 2.05) is 26.0 Å². The smallest absolute Gasteiger partial charge is 0.0462 e. The Balaban J connectivity index is 0.00000366. The summed E-state index contributed by atoms with van der Waals surface area (Å²) in [6.45, 7) is 18.8. The third kappa shape index (κ3) is 12.3. The van der Waals surface area contributed by atoms with Crippen molar-refractivity contribution in [2.75, 3.05) is 9.80 Å². The lowest BCUT2D eigenvalue weighted by molar-refractivity contribution is 0.309. The van der Waals surface area contributed by atoms with Crippen molar-refractivity contribution in [2.24, 2.45) is 11.3 Å². The molecular formula is C76H72N2. The Morgan fingerprint density at radius 2 is 0.859 bits per heavy atom. The molecule has 0 bridgehead atoms. The first kappa shape index (κ1) is 53.8. The first-order valence-electron chi connectivity index (χ1n) is 27.7. The molecule has 2 nitrogen and oxygen atoms in total.